The Morgan fingerprint density at radius 1 is 1.03 bits per heavy atom. The van der Waals surface area contributed by atoms with Gasteiger partial charge in [0.2, 0.25) is 5.43 Å². The first-order chi connectivity index (χ1) is 15.6. The zero-order valence-electron chi connectivity index (χ0n) is 18.2. The average molecular weight is 429 g/mol. The number of aryl methyl sites for hydroxylation is 3. The van der Waals surface area contributed by atoms with Crippen LogP contribution in [0.15, 0.2) is 77.9 Å². The smallest absolute Gasteiger partial charge is 0.223 e. The van der Waals surface area contributed by atoms with Gasteiger partial charge in [0.05, 0.1) is 11.9 Å². The molecule has 0 aliphatic carbocycles. The van der Waals surface area contributed by atoms with E-state index in [1.807, 2.05) is 16.9 Å². The van der Waals surface area contributed by atoms with Crippen molar-refractivity contribution in [2.24, 2.45) is 0 Å². The second-order valence-corrected chi connectivity index (χ2v) is 8.16. The summed E-state index contributed by atoms with van der Waals surface area (Å²) in [7, 11) is 0. The normalized spacial score (nSPS) is 12.0. The van der Waals surface area contributed by atoms with Gasteiger partial charge in [-0.1, -0.05) is 59.8 Å². The Labute approximate surface area is 187 Å². The van der Waals surface area contributed by atoms with Crippen molar-refractivity contribution in [1.82, 2.24) is 20.0 Å². The van der Waals surface area contributed by atoms with Crippen LogP contribution < -0.4 is 5.43 Å². The molecule has 0 aliphatic rings. The Hall–Kier alpha value is -3.67. The monoisotopic (exact) mass is 428 g/mol. The fraction of sp³-hybridized carbons (Fsp3) is 0.269. The van der Waals surface area contributed by atoms with Crippen LogP contribution >= 0.6 is 0 Å². The number of pyridine rings is 1. The van der Waals surface area contributed by atoms with Gasteiger partial charge >= 0.3 is 0 Å². The molecule has 0 spiro atoms. The van der Waals surface area contributed by atoms with Crippen molar-refractivity contribution in [1.29, 1.82) is 0 Å². The summed E-state index contributed by atoms with van der Waals surface area (Å²) in [6, 6.07) is 20.7. The second-order valence-electron chi connectivity index (χ2n) is 8.16. The molecule has 164 valence electrons. The number of nitrogens with zero attached hydrogens (tertiary/aromatic N) is 3. The van der Waals surface area contributed by atoms with Crippen LogP contribution in [-0.4, -0.2) is 25.1 Å². The Kier molecular flexibility index (Phi) is 6.80. The predicted molar refractivity (Wildman–Crippen MR) is 126 cm³/mol. The highest BCUT2D eigenvalue weighted by atomic mass is 16.3. The minimum atomic E-state index is -0.324. The van der Waals surface area contributed by atoms with E-state index in [-0.39, 0.29) is 11.2 Å². The summed E-state index contributed by atoms with van der Waals surface area (Å²) in [5.74, 6) is 0.173. The van der Waals surface area contributed by atoms with Gasteiger partial charge in [0.25, 0.3) is 0 Å². The van der Waals surface area contributed by atoms with Crippen LogP contribution in [0.1, 0.15) is 42.1 Å². The van der Waals surface area contributed by atoms with Crippen LogP contribution in [0.25, 0.3) is 11.1 Å². The molecule has 0 saturated carbocycles. The summed E-state index contributed by atoms with van der Waals surface area (Å²) in [6.45, 7) is 2.52. The minimum absolute atomic E-state index is 0.196. The largest absolute Gasteiger partial charge is 0.503 e. The van der Waals surface area contributed by atoms with E-state index in [1.165, 1.54) is 22.8 Å². The predicted octanol–water partition coefficient (Wildman–Crippen LogP) is 4.84. The molecule has 2 aromatic heterocycles. The van der Waals surface area contributed by atoms with Gasteiger partial charge in [0, 0.05) is 24.5 Å². The summed E-state index contributed by atoms with van der Waals surface area (Å²) in [5.41, 5.74) is 4.79. The highest BCUT2D eigenvalue weighted by Gasteiger charge is 2.13. The number of hydrogen-bond acceptors (Lipinski definition) is 4. The minimum Gasteiger partial charge on any atom is -0.503 e. The number of H-pyrrole nitrogens is 1. The molecule has 1 unspecified atom stereocenters. The molecule has 0 fully saturated rings. The molecule has 32 heavy (non-hydrogen) atoms. The molecule has 2 N–H and O–H groups in total. The molecule has 6 heteroatoms. The van der Waals surface area contributed by atoms with E-state index in [2.05, 4.69) is 63.8 Å². The van der Waals surface area contributed by atoms with Gasteiger partial charge in [-0.3, -0.25) is 9.48 Å². The lowest BCUT2D eigenvalue weighted by Gasteiger charge is -2.18. The number of nitrogens with one attached hydrogen (secondary N) is 1. The topological polar surface area (TPSA) is 83.8 Å². The van der Waals surface area contributed by atoms with Crippen molar-refractivity contribution in [3.63, 3.8) is 0 Å². The molecule has 4 rings (SSSR count). The molecule has 0 aliphatic heterocycles. The Morgan fingerprint density at radius 3 is 2.47 bits per heavy atom. The Bertz CT molecular complexity index is 1180. The first-order valence-electron chi connectivity index (χ1n) is 11.0. The maximum Gasteiger partial charge on any atom is 0.223 e. The van der Waals surface area contributed by atoms with Crippen molar-refractivity contribution in [2.45, 2.75) is 45.1 Å². The standard InChI is InChI=1S/C26H28N4O2/c1-19-26(32)25(31)18-24(28-19)9-5-8-21(14-16-30-17-15-27-29-30)23-12-10-22(11-13-23)20-6-3-2-4-7-20/h2-4,6-7,10-13,15,17-18,21,32H,5,8-9,14,16H2,1H3,(H,28,31). The lowest BCUT2D eigenvalue weighted by atomic mass is 9.89. The quantitative estimate of drug-likeness (QED) is 0.399. The van der Waals surface area contributed by atoms with E-state index >= 15 is 0 Å². The molecule has 0 amide bonds. The first-order valence-corrected chi connectivity index (χ1v) is 11.0. The van der Waals surface area contributed by atoms with Crippen LogP contribution in [0.4, 0.5) is 0 Å². The summed E-state index contributed by atoms with van der Waals surface area (Å²) < 4.78 is 1.87. The second kappa shape index (κ2) is 10.1. The molecule has 4 aromatic rings. The number of aromatic nitrogens is 4. The third kappa shape index (κ3) is 5.32. The number of rotatable bonds is 9. The Morgan fingerprint density at radius 2 is 1.78 bits per heavy atom. The molecule has 0 bridgehead atoms. The van der Waals surface area contributed by atoms with E-state index in [9.17, 15) is 9.90 Å². The van der Waals surface area contributed by atoms with Gasteiger partial charge in [-0.25, -0.2) is 0 Å². The van der Waals surface area contributed by atoms with E-state index < -0.39 is 0 Å². The van der Waals surface area contributed by atoms with Crippen molar-refractivity contribution in [2.75, 3.05) is 0 Å². The third-order valence-electron chi connectivity index (χ3n) is 5.91. The van der Waals surface area contributed by atoms with E-state index in [1.54, 1.807) is 13.1 Å². The first kappa shape index (κ1) is 21.6. The third-order valence-corrected chi connectivity index (χ3v) is 5.91. The fourth-order valence-electron chi connectivity index (χ4n) is 4.12. The summed E-state index contributed by atoms with van der Waals surface area (Å²) in [4.78, 5) is 15.0. The van der Waals surface area contributed by atoms with Crippen LogP contribution in [0.5, 0.6) is 5.75 Å². The molecule has 1 atom stereocenters. The van der Waals surface area contributed by atoms with Gasteiger partial charge in [-0.15, -0.1) is 5.10 Å². The van der Waals surface area contributed by atoms with Crippen LogP contribution in [0.3, 0.4) is 0 Å². The highest BCUT2D eigenvalue weighted by molar-refractivity contribution is 5.63. The van der Waals surface area contributed by atoms with Gasteiger partial charge < -0.3 is 10.1 Å². The van der Waals surface area contributed by atoms with Crippen molar-refractivity contribution < 1.29 is 5.11 Å². The molecular formula is C26H28N4O2. The number of hydrogen-bond donors (Lipinski definition) is 2. The average Bonchev–Trinajstić information content (AvgIpc) is 3.34. The maximum atomic E-state index is 11.9. The summed E-state index contributed by atoms with van der Waals surface area (Å²) in [5, 5.41) is 17.7. The Balaban J connectivity index is 1.46. The van der Waals surface area contributed by atoms with Crippen molar-refractivity contribution in [3.05, 3.63) is 100 Å². The van der Waals surface area contributed by atoms with Gasteiger partial charge in [0.1, 0.15) is 0 Å². The number of aromatic amines is 1. The molecule has 0 radical (unpaired) electrons. The zero-order valence-corrected chi connectivity index (χ0v) is 18.2. The van der Waals surface area contributed by atoms with Crippen LogP contribution in [0.2, 0.25) is 0 Å². The lowest BCUT2D eigenvalue weighted by Crippen LogP contribution is -2.09. The zero-order chi connectivity index (χ0) is 22.3. The van der Waals surface area contributed by atoms with Crippen LogP contribution in [0, 0.1) is 6.92 Å². The fourth-order valence-corrected chi connectivity index (χ4v) is 4.12. The van der Waals surface area contributed by atoms with Crippen molar-refractivity contribution >= 4 is 0 Å². The summed E-state index contributed by atoms with van der Waals surface area (Å²) in [6.07, 6.45) is 7.23. The maximum absolute atomic E-state index is 11.9. The number of aromatic hydroxyl groups is 1. The van der Waals surface area contributed by atoms with E-state index in [0.717, 1.165) is 37.9 Å². The molecule has 2 heterocycles. The molecule has 6 nitrogen and oxygen atoms in total. The van der Waals surface area contributed by atoms with E-state index in [0.29, 0.717) is 11.6 Å². The highest BCUT2D eigenvalue weighted by Crippen LogP contribution is 2.29. The molecule has 0 saturated heterocycles. The molecule has 2 aromatic carbocycles. The SMILES string of the molecule is Cc1[nH]c(CCCC(CCn2ccnn2)c2ccc(-c3ccccc3)cc2)cc(=O)c1O. The number of benzene rings is 2. The van der Waals surface area contributed by atoms with Gasteiger partial charge in [0.15, 0.2) is 5.75 Å². The lowest BCUT2D eigenvalue weighted by molar-refractivity contribution is 0.460. The molecular weight excluding hydrogens is 400 g/mol. The van der Waals surface area contributed by atoms with Crippen LogP contribution in [-0.2, 0) is 13.0 Å². The van der Waals surface area contributed by atoms with E-state index in [4.69, 9.17) is 0 Å². The van der Waals surface area contributed by atoms with Gasteiger partial charge in [-0.2, -0.15) is 0 Å². The van der Waals surface area contributed by atoms with Crippen molar-refractivity contribution in [3.8, 4) is 16.9 Å². The summed E-state index contributed by atoms with van der Waals surface area (Å²) >= 11 is 0. The van der Waals surface area contributed by atoms with Gasteiger partial charge in [-0.05, 0) is 55.2 Å².